The molecule has 0 amide bonds. The molecule has 1 aliphatic heterocycles. The van der Waals surface area contributed by atoms with Crippen molar-refractivity contribution in [2.45, 2.75) is 18.3 Å². The molecular weight excluding hydrogens is 216 g/mol. The Bertz CT molecular complexity index is 492. The number of carboxylic acid groups (broad SMARTS) is 1. The van der Waals surface area contributed by atoms with Gasteiger partial charge in [0.2, 0.25) is 0 Å². The van der Waals surface area contributed by atoms with Crippen LogP contribution in [0.4, 0.5) is 5.69 Å². The lowest BCUT2D eigenvalue weighted by Gasteiger charge is -2.17. The van der Waals surface area contributed by atoms with Gasteiger partial charge in [-0.05, 0) is 30.5 Å². The third kappa shape index (κ3) is 1.60. The van der Waals surface area contributed by atoms with Crippen molar-refractivity contribution in [2.24, 2.45) is 4.99 Å². The minimum atomic E-state index is -0.704. The van der Waals surface area contributed by atoms with E-state index in [1.54, 1.807) is 0 Å². The Balaban J connectivity index is 1.94. The van der Waals surface area contributed by atoms with E-state index < -0.39 is 11.4 Å². The second-order valence-electron chi connectivity index (χ2n) is 4.65. The van der Waals surface area contributed by atoms with E-state index >= 15 is 0 Å². The molecule has 0 radical (unpaired) electrons. The van der Waals surface area contributed by atoms with Crippen LogP contribution >= 0.6 is 0 Å². The van der Waals surface area contributed by atoms with Gasteiger partial charge in [-0.1, -0.05) is 12.1 Å². The molecule has 88 valence electrons. The van der Waals surface area contributed by atoms with Gasteiger partial charge in [0.05, 0.1) is 18.3 Å². The minimum absolute atomic E-state index is 0.618. The Hall–Kier alpha value is -1.84. The zero-order valence-corrected chi connectivity index (χ0v) is 9.47. The fourth-order valence-electron chi connectivity index (χ4n) is 2.31. The number of carbonyl (C=O) groups is 1. The summed E-state index contributed by atoms with van der Waals surface area (Å²) < 4.78 is 0. The summed E-state index contributed by atoms with van der Waals surface area (Å²) in [7, 11) is 0. The van der Waals surface area contributed by atoms with Gasteiger partial charge in [-0.3, -0.25) is 9.79 Å². The summed E-state index contributed by atoms with van der Waals surface area (Å²) in [6.45, 7) is 1.69. The number of hydrogen-bond donors (Lipinski definition) is 1. The van der Waals surface area contributed by atoms with Crippen molar-refractivity contribution in [2.75, 3.05) is 18.0 Å². The molecule has 1 aliphatic carbocycles. The number of aliphatic carboxylic acids is 1. The standard InChI is InChI=1S/C13H14N2O2/c16-12(17)13(4-5-13)10-2-1-3-11(8-10)15-7-6-14-9-15/h1-3,8-9H,4-7H2,(H,16,17). The van der Waals surface area contributed by atoms with Crippen LogP contribution in [0.5, 0.6) is 0 Å². The molecule has 0 aromatic heterocycles. The lowest BCUT2D eigenvalue weighted by molar-refractivity contribution is -0.140. The van der Waals surface area contributed by atoms with Gasteiger partial charge in [0.25, 0.3) is 0 Å². The van der Waals surface area contributed by atoms with Gasteiger partial charge in [-0.2, -0.15) is 0 Å². The maximum Gasteiger partial charge on any atom is 0.314 e. The van der Waals surface area contributed by atoms with Gasteiger partial charge in [0.15, 0.2) is 0 Å². The van der Waals surface area contributed by atoms with Crippen molar-refractivity contribution in [3.63, 3.8) is 0 Å². The molecule has 17 heavy (non-hydrogen) atoms. The molecule has 0 saturated heterocycles. The molecule has 1 saturated carbocycles. The number of nitrogens with zero attached hydrogens (tertiary/aromatic N) is 2. The van der Waals surface area contributed by atoms with Crippen LogP contribution in [0.3, 0.4) is 0 Å². The predicted octanol–water partition coefficient (Wildman–Crippen LogP) is 1.65. The molecule has 1 heterocycles. The summed E-state index contributed by atoms with van der Waals surface area (Å²) in [5.41, 5.74) is 1.34. The fraction of sp³-hybridized carbons (Fsp3) is 0.385. The van der Waals surface area contributed by atoms with E-state index in [2.05, 4.69) is 9.89 Å². The van der Waals surface area contributed by atoms with Crippen LogP contribution < -0.4 is 4.90 Å². The average molecular weight is 230 g/mol. The SMILES string of the molecule is O=C(O)C1(c2cccc(N3C=NCC3)c2)CC1. The first kappa shape index (κ1) is 10.3. The molecule has 0 bridgehead atoms. The third-order valence-electron chi connectivity index (χ3n) is 3.58. The first-order valence-corrected chi connectivity index (χ1v) is 5.83. The van der Waals surface area contributed by atoms with Crippen LogP contribution in [0.2, 0.25) is 0 Å². The Kier molecular flexibility index (Phi) is 2.18. The number of aliphatic imine (C=N–C) groups is 1. The summed E-state index contributed by atoms with van der Waals surface area (Å²) in [5, 5.41) is 9.27. The fourth-order valence-corrected chi connectivity index (χ4v) is 2.31. The van der Waals surface area contributed by atoms with Crippen molar-refractivity contribution in [3.05, 3.63) is 29.8 Å². The third-order valence-corrected chi connectivity index (χ3v) is 3.58. The number of benzene rings is 1. The highest BCUT2D eigenvalue weighted by atomic mass is 16.4. The van der Waals surface area contributed by atoms with Gasteiger partial charge >= 0.3 is 5.97 Å². The Morgan fingerprint density at radius 1 is 1.41 bits per heavy atom. The van der Waals surface area contributed by atoms with Crippen LogP contribution in [0, 0.1) is 0 Å². The quantitative estimate of drug-likeness (QED) is 0.859. The smallest absolute Gasteiger partial charge is 0.314 e. The maximum absolute atomic E-state index is 11.3. The van der Waals surface area contributed by atoms with Gasteiger partial charge in [-0.15, -0.1) is 0 Å². The molecule has 3 rings (SSSR count). The molecule has 4 nitrogen and oxygen atoms in total. The molecule has 0 unspecified atom stereocenters. The number of carboxylic acids is 1. The van der Waals surface area contributed by atoms with E-state index in [1.807, 2.05) is 30.6 Å². The molecule has 2 aliphatic rings. The van der Waals surface area contributed by atoms with Crippen molar-refractivity contribution < 1.29 is 9.90 Å². The largest absolute Gasteiger partial charge is 0.481 e. The van der Waals surface area contributed by atoms with Crippen molar-refractivity contribution >= 4 is 18.0 Å². The van der Waals surface area contributed by atoms with E-state index in [0.717, 1.165) is 37.2 Å². The van der Waals surface area contributed by atoms with Crippen LogP contribution in [-0.4, -0.2) is 30.5 Å². The first-order chi connectivity index (χ1) is 8.22. The molecule has 0 spiro atoms. The van der Waals surface area contributed by atoms with Crippen molar-refractivity contribution in [1.82, 2.24) is 0 Å². The maximum atomic E-state index is 11.3. The monoisotopic (exact) mass is 230 g/mol. The van der Waals surface area contributed by atoms with E-state index in [0.29, 0.717) is 0 Å². The zero-order valence-electron chi connectivity index (χ0n) is 9.47. The van der Waals surface area contributed by atoms with E-state index in [4.69, 9.17) is 0 Å². The number of rotatable bonds is 3. The van der Waals surface area contributed by atoms with Crippen molar-refractivity contribution in [3.8, 4) is 0 Å². The topological polar surface area (TPSA) is 52.9 Å². The van der Waals surface area contributed by atoms with Gasteiger partial charge in [0, 0.05) is 12.2 Å². The van der Waals surface area contributed by atoms with Crippen LogP contribution in [0.1, 0.15) is 18.4 Å². The Labute approximate surface area is 99.6 Å². The minimum Gasteiger partial charge on any atom is -0.481 e. The molecule has 1 aromatic rings. The molecular formula is C13H14N2O2. The first-order valence-electron chi connectivity index (χ1n) is 5.83. The summed E-state index contributed by atoms with van der Waals surface area (Å²) in [6, 6.07) is 7.83. The Morgan fingerprint density at radius 3 is 2.82 bits per heavy atom. The molecule has 1 fully saturated rings. The number of anilines is 1. The van der Waals surface area contributed by atoms with Gasteiger partial charge < -0.3 is 10.0 Å². The van der Waals surface area contributed by atoms with E-state index in [9.17, 15) is 9.90 Å². The number of hydrogen-bond acceptors (Lipinski definition) is 3. The van der Waals surface area contributed by atoms with E-state index in [1.165, 1.54) is 0 Å². The zero-order chi connectivity index (χ0) is 11.9. The summed E-state index contributed by atoms with van der Waals surface area (Å²) >= 11 is 0. The van der Waals surface area contributed by atoms with Crippen LogP contribution in [-0.2, 0) is 10.2 Å². The van der Waals surface area contributed by atoms with E-state index in [-0.39, 0.29) is 0 Å². The van der Waals surface area contributed by atoms with Gasteiger partial charge in [0.1, 0.15) is 0 Å². The van der Waals surface area contributed by atoms with Crippen LogP contribution in [0.25, 0.3) is 0 Å². The predicted molar refractivity (Wildman–Crippen MR) is 65.7 cm³/mol. The molecule has 1 aromatic carbocycles. The average Bonchev–Trinajstić information content (AvgIpc) is 2.98. The Morgan fingerprint density at radius 2 is 2.24 bits per heavy atom. The summed E-state index contributed by atoms with van der Waals surface area (Å²) in [5.74, 6) is -0.704. The second kappa shape index (κ2) is 3.58. The van der Waals surface area contributed by atoms with Gasteiger partial charge in [-0.25, -0.2) is 0 Å². The lowest BCUT2D eigenvalue weighted by Crippen LogP contribution is -2.22. The van der Waals surface area contributed by atoms with Crippen LogP contribution in [0.15, 0.2) is 29.3 Å². The lowest BCUT2D eigenvalue weighted by atomic mass is 9.95. The normalized spacial score (nSPS) is 20.6. The summed E-state index contributed by atoms with van der Waals surface area (Å²) in [6.07, 6.45) is 3.32. The van der Waals surface area contributed by atoms with Crippen molar-refractivity contribution in [1.29, 1.82) is 0 Å². The molecule has 1 N–H and O–H groups in total. The highest BCUT2D eigenvalue weighted by molar-refractivity contribution is 5.86. The highest BCUT2D eigenvalue weighted by Gasteiger charge is 2.51. The summed E-state index contributed by atoms with van der Waals surface area (Å²) in [4.78, 5) is 17.5. The molecule has 0 atom stereocenters. The highest BCUT2D eigenvalue weighted by Crippen LogP contribution is 2.49. The second-order valence-corrected chi connectivity index (χ2v) is 4.65. The molecule has 4 heteroatoms.